The van der Waals surface area contributed by atoms with E-state index in [2.05, 4.69) is 32.2 Å². The van der Waals surface area contributed by atoms with Crippen LogP contribution >= 0.6 is 11.3 Å². The third-order valence-electron chi connectivity index (χ3n) is 3.68. The molecule has 116 valence electrons. The van der Waals surface area contributed by atoms with E-state index in [1.54, 1.807) is 18.5 Å². The number of thiazole rings is 1. The van der Waals surface area contributed by atoms with Crippen LogP contribution in [0.5, 0.6) is 0 Å². The van der Waals surface area contributed by atoms with Crippen molar-refractivity contribution in [3.8, 4) is 10.8 Å². The SMILES string of the molecule is Cc1nc(-c2ncccn2)sc1C(=O)NCCN(C)C1CC1. The molecule has 6 nitrogen and oxygen atoms in total. The van der Waals surface area contributed by atoms with E-state index < -0.39 is 0 Å². The number of aryl methyl sites for hydroxylation is 1. The zero-order valence-electron chi connectivity index (χ0n) is 12.7. The molecule has 0 radical (unpaired) electrons. The molecule has 0 saturated heterocycles. The highest BCUT2D eigenvalue weighted by molar-refractivity contribution is 7.17. The monoisotopic (exact) mass is 317 g/mol. The Labute approximate surface area is 133 Å². The van der Waals surface area contributed by atoms with E-state index in [1.165, 1.54) is 24.2 Å². The lowest BCUT2D eigenvalue weighted by molar-refractivity contribution is 0.0952. The number of rotatable bonds is 6. The second kappa shape index (κ2) is 6.50. The van der Waals surface area contributed by atoms with Crippen LogP contribution in [0.1, 0.15) is 28.2 Å². The molecular weight excluding hydrogens is 298 g/mol. The fourth-order valence-electron chi connectivity index (χ4n) is 2.24. The van der Waals surface area contributed by atoms with E-state index in [0.717, 1.165) is 12.2 Å². The van der Waals surface area contributed by atoms with Crippen molar-refractivity contribution in [1.29, 1.82) is 0 Å². The number of likely N-dealkylation sites (N-methyl/N-ethyl adjacent to an activating group) is 1. The normalized spacial score (nSPS) is 14.3. The van der Waals surface area contributed by atoms with Crippen LogP contribution in [0.25, 0.3) is 10.8 Å². The minimum absolute atomic E-state index is 0.0682. The second-order valence-electron chi connectivity index (χ2n) is 5.47. The molecule has 22 heavy (non-hydrogen) atoms. The first-order valence-electron chi connectivity index (χ1n) is 7.38. The van der Waals surface area contributed by atoms with Gasteiger partial charge in [0.1, 0.15) is 4.88 Å². The molecule has 1 N–H and O–H groups in total. The fourth-order valence-corrected chi connectivity index (χ4v) is 3.17. The van der Waals surface area contributed by atoms with Gasteiger partial charge in [-0.05, 0) is 32.9 Å². The van der Waals surface area contributed by atoms with Crippen LogP contribution in [-0.4, -0.2) is 51.9 Å². The number of carbonyl (C=O) groups is 1. The first kappa shape index (κ1) is 15.1. The Morgan fingerprint density at radius 1 is 1.41 bits per heavy atom. The summed E-state index contributed by atoms with van der Waals surface area (Å²) < 4.78 is 0. The van der Waals surface area contributed by atoms with E-state index in [4.69, 9.17) is 0 Å². The summed E-state index contributed by atoms with van der Waals surface area (Å²) >= 11 is 1.34. The largest absolute Gasteiger partial charge is 0.350 e. The summed E-state index contributed by atoms with van der Waals surface area (Å²) in [6.07, 6.45) is 5.90. The minimum Gasteiger partial charge on any atom is -0.350 e. The van der Waals surface area contributed by atoms with E-state index in [-0.39, 0.29) is 5.91 Å². The molecule has 3 rings (SSSR count). The zero-order valence-corrected chi connectivity index (χ0v) is 13.6. The Morgan fingerprint density at radius 3 is 2.82 bits per heavy atom. The Kier molecular flexibility index (Phi) is 4.44. The molecule has 2 heterocycles. The number of hydrogen-bond donors (Lipinski definition) is 1. The summed E-state index contributed by atoms with van der Waals surface area (Å²) in [6.45, 7) is 3.37. The van der Waals surface area contributed by atoms with E-state index >= 15 is 0 Å². The van der Waals surface area contributed by atoms with Gasteiger partial charge in [0.25, 0.3) is 5.91 Å². The summed E-state index contributed by atoms with van der Waals surface area (Å²) in [4.78, 5) is 28.0. The molecule has 2 aromatic rings. The number of amides is 1. The summed E-state index contributed by atoms with van der Waals surface area (Å²) in [5.74, 6) is 0.490. The Morgan fingerprint density at radius 2 is 2.14 bits per heavy atom. The fraction of sp³-hybridized carbons (Fsp3) is 0.467. The van der Waals surface area contributed by atoms with Crippen LogP contribution < -0.4 is 5.32 Å². The Balaban J connectivity index is 1.61. The molecule has 2 aromatic heterocycles. The number of nitrogens with one attached hydrogen (secondary N) is 1. The summed E-state index contributed by atoms with van der Waals surface area (Å²) in [6, 6.07) is 2.47. The number of hydrogen-bond acceptors (Lipinski definition) is 6. The lowest BCUT2D eigenvalue weighted by Gasteiger charge is -2.15. The molecule has 0 unspecified atom stereocenters. The van der Waals surface area contributed by atoms with Crippen LogP contribution in [0, 0.1) is 6.92 Å². The van der Waals surface area contributed by atoms with Gasteiger partial charge in [0.2, 0.25) is 0 Å². The van der Waals surface area contributed by atoms with Gasteiger partial charge in [-0.3, -0.25) is 4.79 Å². The molecule has 0 aliphatic heterocycles. The van der Waals surface area contributed by atoms with Gasteiger partial charge in [0.05, 0.1) is 5.69 Å². The third kappa shape index (κ3) is 3.48. The van der Waals surface area contributed by atoms with Crippen molar-refractivity contribution in [2.45, 2.75) is 25.8 Å². The van der Waals surface area contributed by atoms with Crippen LogP contribution in [0.3, 0.4) is 0 Å². The van der Waals surface area contributed by atoms with Crippen molar-refractivity contribution >= 4 is 17.2 Å². The molecule has 1 amide bonds. The predicted octanol–water partition coefficient (Wildman–Crippen LogP) is 1.73. The molecule has 1 aliphatic carbocycles. The van der Waals surface area contributed by atoms with Gasteiger partial charge in [-0.25, -0.2) is 15.0 Å². The summed E-state index contributed by atoms with van der Waals surface area (Å²) in [5.41, 5.74) is 0.723. The number of aromatic nitrogens is 3. The average Bonchev–Trinajstić information content (AvgIpc) is 3.30. The van der Waals surface area contributed by atoms with Gasteiger partial charge in [-0.15, -0.1) is 11.3 Å². The predicted molar refractivity (Wildman–Crippen MR) is 85.9 cm³/mol. The van der Waals surface area contributed by atoms with Gasteiger partial charge in [-0.1, -0.05) is 0 Å². The van der Waals surface area contributed by atoms with Gasteiger partial charge < -0.3 is 10.2 Å². The van der Waals surface area contributed by atoms with Crippen LogP contribution in [0.2, 0.25) is 0 Å². The molecule has 1 saturated carbocycles. The average molecular weight is 317 g/mol. The molecule has 1 fully saturated rings. The topological polar surface area (TPSA) is 71.0 Å². The third-order valence-corrected chi connectivity index (χ3v) is 4.83. The van der Waals surface area contributed by atoms with Crippen LogP contribution in [-0.2, 0) is 0 Å². The van der Waals surface area contributed by atoms with Crippen molar-refractivity contribution in [3.63, 3.8) is 0 Å². The van der Waals surface area contributed by atoms with Crippen molar-refractivity contribution < 1.29 is 4.79 Å². The molecule has 0 bridgehead atoms. The van der Waals surface area contributed by atoms with Crippen molar-refractivity contribution in [1.82, 2.24) is 25.2 Å². The standard InChI is InChI=1S/C15H19N5OS/c1-10-12(14(21)18-8-9-20(2)11-4-5-11)22-15(19-10)13-16-6-3-7-17-13/h3,6-7,11H,4-5,8-9H2,1-2H3,(H,18,21). The van der Waals surface area contributed by atoms with Crippen molar-refractivity contribution in [2.75, 3.05) is 20.1 Å². The number of carbonyl (C=O) groups excluding carboxylic acids is 1. The van der Waals surface area contributed by atoms with Gasteiger partial charge in [-0.2, -0.15) is 0 Å². The molecule has 0 atom stereocenters. The quantitative estimate of drug-likeness (QED) is 0.878. The maximum atomic E-state index is 12.3. The van der Waals surface area contributed by atoms with Gasteiger partial charge >= 0.3 is 0 Å². The lowest BCUT2D eigenvalue weighted by Crippen LogP contribution is -2.33. The maximum Gasteiger partial charge on any atom is 0.263 e. The highest BCUT2D eigenvalue weighted by Gasteiger charge is 2.25. The Bertz CT molecular complexity index is 653. The molecule has 0 aromatic carbocycles. The molecule has 7 heteroatoms. The first-order valence-corrected chi connectivity index (χ1v) is 8.20. The molecular formula is C15H19N5OS. The summed E-state index contributed by atoms with van der Waals surface area (Å²) in [7, 11) is 2.10. The molecule has 0 spiro atoms. The van der Waals surface area contributed by atoms with Crippen molar-refractivity contribution in [3.05, 3.63) is 29.0 Å². The highest BCUT2D eigenvalue weighted by Crippen LogP contribution is 2.25. The van der Waals surface area contributed by atoms with Crippen LogP contribution in [0.4, 0.5) is 0 Å². The summed E-state index contributed by atoms with van der Waals surface area (Å²) in [5, 5.41) is 3.65. The zero-order chi connectivity index (χ0) is 15.5. The van der Waals surface area contributed by atoms with Crippen LogP contribution in [0.15, 0.2) is 18.5 Å². The van der Waals surface area contributed by atoms with E-state index in [1.807, 2.05) is 6.92 Å². The molecule has 1 aliphatic rings. The van der Waals surface area contributed by atoms with E-state index in [0.29, 0.717) is 28.3 Å². The smallest absolute Gasteiger partial charge is 0.263 e. The van der Waals surface area contributed by atoms with E-state index in [9.17, 15) is 4.79 Å². The minimum atomic E-state index is -0.0682. The maximum absolute atomic E-state index is 12.3. The lowest BCUT2D eigenvalue weighted by atomic mass is 10.3. The Hall–Kier alpha value is -1.86. The van der Waals surface area contributed by atoms with Gasteiger partial charge in [0, 0.05) is 31.5 Å². The highest BCUT2D eigenvalue weighted by atomic mass is 32.1. The second-order valence-corrected chi connectivity index (χ2v) is 6.47. The van der Waals surface area contributed by atoms with Gasteiger partial charge in [0.15, 0.2) is 10.8 Å². The number of nitrogens with zero attached hydrogens (tertiary/aromatic N) is 4. The van der Waals surface area contributed by atoms with Crippen molar-refractivity contribution in [2.24, 2.45) is 0 Å². The first-order chi connectivity index (χ1) is 10.6.